The van der Waals surface area contributed by atoms with Crippen molar-refractivity contribution in [3.8, 4) is 0 Å². The zero-order chi connectivity index (χ0) is 12.5. The van der Waals surface area contributed by atoms with Crippen LogP contribution in [-0.2, 0) is 6.54 Å². The van der Waals surface area contributed by atoms with Gasteiger partial charge in [-0.2, -0.15) is 0 Å². The second-order valence-electron chi connectivity index (χ2n) is 5.39. The van der Waals surface area contributed by atoms with Gasteiger partial charge in [-0.3, -0.25) is 9.80 Å². The van der Waals surface area contributed by atoms with E-state index in [2.05, 4.69) is 31.8 Å². The second kappa shape index (κ2) is 5.19. The van der Waals surface area contributed by atoms with Gasteiger partial charge in [0.25, 0.3) is 0 Å². The molecule has 0 amide bonds. The van der Waals surface area contributed by atoms with Crippen LogP contribution in [0.1, 0.15) is 18.4 Å². The van der Waals surface area contributed by atoms with Crippen molar-refractivity contribution in [3.05, 3.63) is 28.2 Å². The van der Waals surface area contributed by atoms with E-state index >= 15 is 0 Å². The third-order valence-corrected chi connectivity index (χ3v) is 4.68. The highest BCUT2D eigenvalue weighted by Gasteiger charge is 2.31. The van der Waals surface area contributed by atoms with Crippen molar-refractivity contribution < 1.29 is 0 Å². The monoisotopic (exact) mass is 309 g/mol. The first-order chi connectivity index (χ1) is 8.72. The molecule has 2 fully saturated rings. The topological polar surface area (TPSA) is 32.5 Å². The molecular formula is C14H20BrN3. The van der Waals surface area contributed by atoms with Crippen molar-refractivity contribution in [3.63, 3.8) is 0 Å². The summed E-state index contributed by atoms with van der Waals surface area (Å²) in [7, 11) is 0. The number of nitrogens with zero attached hydrogens (tertiary/aromatic N) is 2. The number of halogens is 1. The number of piperazine rings is 1. The molecule has 1 aliphatic carbocycles. The molecule has 1 saturated heterocycles. The first-order valence-electron chi connectivity index (χ1n) is 6.73. The summed E-state index contributed by atoms with van der Waals surface area (Å²) in [6.45, 7) is 5.87. The maximum atomic E-state index is 5.77. The van der Waals surface area contributed by atoms with E-state index in [-0.39, 0.29) is 0 Å². The van der Waals surface area contributed by atoms with Crippen LogP contribution in [0.25, 0.3) is 0 Å². The smallest absolute Gasteiger partial charge is 0.0325 e. The van der Waals surface area contributed by atoms with Crippen LogP contribution in [0.2, 0.25) is 0 Å². The number of anilines is 1. The van der Waals surface area contributed by atoms with Crippen LogP contribution in [-0.4, -0.2) is 42.0 Å². The van der Waals surface area contributed by atoms with Gasteiger partial charge in [-0.25, -0.2) is 0 Å². The SMILES string of the molecule is Nc1ccc(CN2CCN(C3CC3)CC2)c(Br)c1. The summed E-state index contributed by atoms with van der Waals surface area (Å²) in [5.41, 5.74) is 7.93. The van der Waals surface area contributed by atoms with Gasteiger partial charge in [-0.1, -0.05) is 22.0 Å². The lowest BCUT2D eigenvalue weighted by Crippen LogP contribution is -2.46. The Balaban J connectivity index is 1.56. The number of hydrogen-bond acceptors (Lipinski definition) is 3. The fourth-order valence-corrected chi connectivity index (χ4v) is 3.18. The summed E-state index contributed by atoms with van der Waals surface area (Å²) in [6, 6.07) is 7.03. The van der Waals surface area contributed by atoms with Crippen molar-refractivity contribution >= 4 is 21.6 Å². The van der Waals surface area contributed by atoms with Crippen molar-refractivity contribution in [2.75, 3.05) is 31.9 Å². The summed E-state index contributed by atoms with van der Waals surface area (Å²) in [5, 5.41) is 0. The van der Waals surface area contributed by atoms with Gasteiger partial charge in [0.05, 0.1) is 0 Å². The first-order valence-corrected chi connectivity index (χ1v) is 7.52. The van der Waals surface area contributed by atoms with E-state index in [1.165, 1.54) is 44.6 Å². The van der Waals surface area contributed by atoms with Gasteiger partial charge in [-0.15, -0.1) is 0 Å². The molecule has 0 bridgehead atoms. The molecule has 98 valence electrons. The van der Waals surface area contributed by atoms with Crippen molar-refractivity contribution in [2.24, 2.45) is 0 Å². The fraction of sp³-hybridized carbons (Fsp3) is 0.571. The standard InChI is InChI=1S/C14H20BrN3/c15-14-9-12(16)2-1-11(14)10-17-5-7-18(8-6-17)13-3-4-13/h1-2,9,13H,3-8,10,16H2. The second-order valence-corrected chi connectivity index (χ2v) is 6.25. The van der Waals surface area contributed by atoms with Crippen molar-refractivity contribution in [1.82, 2.24) is 9.80 Å². The van der Waals surface area contributed by atoms with Gasteiger partial charge < -0.3 is 5.73 Å². The van der Waals surface area contributed by atoms with E-state index in [1.807, 2.05) is 12.1 Å². The summed E-state index contributed by atoms with van der Waals surface area (Å²) in [4.78, 5) is 5.18. The molecule has 2 N–H and O–H groups in total. The highest BCUT2D eigenvalue weighted by atomic mass is 79.9. The maximum absolute atomic E-state index is 5.77. The molecule has 0 atom stereocenters. The molecule has 3 rings (SSSR count). The lowest BCUT2D eigenvalue weighted by molar-refractivity contribution is 0.121. The maximum Gasteiger partial charge on any atom is 0.0325 e. The molecule has 1 saturated carbocycles. The summed E-state index contributed by atoms with van der Waals surface area (Å²) in [5.74, 6) is 0. The Morgan fingerprint density at radius 1 is 1.17 bits per heavy atom. The van der Waals surface area contributed by atoms with Gasteiger partial charge in [0, 0.05) is 48.9 Å². The van der Waals surface area contributed by atoms with Crippen LogP contribution in [0.5, 0.6) is 0 Å². The Bertz CT molecular complexity index is 423. The van der Waals surface area contributed by atoms with Crippen LogP contribution in [0.4, 0.5) is 5.69 Å². The number of rotatable bonds is 3. The molecule has 2 aliphatic rings. The molecular weight excluding hydrogens is 290 g/mol. The molecule has 18 heavy (non-hydrogen) atoms. The fourth-order valence-electron chi connectivity index (χ4n) is 2.66. The molecule has 0 aromatic heterocycles. The van der Waals surface area contributed by atoms with Gasteiger partial charge >= 0.3 is 0 Å². The summed E-state index contributed by atoms with van der Waals surface area (Å²) < 4.78 is 1.13. The predicted molar refractivity (Wildman–Crippen MR) is 78.4 cm³/mol. The molecule has 0 spiro atoms. The van der Waals surface area contributed by atoms with E-state index in [1.54, 1.807) is 0 Å². The van der Waals surface area contributed by atoms with Gasteiger partial charge in [0.2, 0.25) is 0 Å². The molecule has 1 aromatic rings. The Morgan fingerprint density at radius 3 is 2.50 bits per heavy atom. The molecule has 3 nitrogen and oxygen atoms in total. The third kappa shape index (κ3) is 2.87. The minimum atomic E-state index is 0.823. The van der Waals surface area contributed by atoms with Gasteiger partial charge in [0.1, 0.15) is 0 Å². The zero-order valence-electron chi connectivity index (χ0n) is 10.6. The Labute approximate surface area is 117 Å². The number of hydrogen-bond donors (Lipinski definition) is 1. The Hall–Kier alpha value is -0.580. The number of nitrogens with two attached hydrogens (primary N) is 1. The predicted octanol–water partition coefficient (Wildman–Crippen LogP) is 2.31. The Kier molecular flexibility index (Phi) is 3.59. The van der Waals surface area contributed by atoms with Crippen LogP contribution < -0.4 is 5.73 Å². The Morgan fingerprint density at radius 2 is 1.89 bits per heavy atom. The lowest BCUT2D eigenvalue weighted by Gasteiger charge is -2.35. The van der Waals surface area contributed by atoms with E-state index in [9.17, 15) is 0 Å². The quantitative estimate of drug-likeness (QED) is 0.870. The normalized spacial score (nSPS) is 22.3. The van der Waals surface area contributed by atoms with E-state index in [0.29, 0.717) is 0 Å². The molecule has 1 aliphatic heterocycles. The average molecular weight is 310 g/mol. The van der Waals surface area contributed by atoms with E-state index in [4.69, 9.17) is 5.73 Å². The molecule has 4 heteroatoms. The first kappa shape index (κ1) is 12.5. The van der Waals surface area contributed by atoms with Crippen LogP contribution >= 0.6 is 15.9 Å². The average Bonchev–Trinajstić information content (AvgIpc) is 3.18. The van der Waals surface area contributed by atoms with E-state index < -0.39 is 0 Å². The third-order valence-electron chi connectivity index (χ3n) is 3.94. The highest BCUT2D eigenvalue weighted by molar-refractivity contribution is 9.10. The van der Waals surface area contributed by atoms with Gasteiger partial charge in [0.15, 0.2) is 0 Å². The van der Waals surface area contributed by atoms with Crippen LogP contribution in [0.3, 0.4) is 0 Å². The van der Waals surface area contributed by atoms with Crippen molar-refractivity contribution in [2.45, 2.75) is 25.4 Å². The number of benzene rings is 1. The minimum Gasteiger partial charge on any atom is -0.399 e. The molecule has 1 heterocycles. The largest absolute Gasteiger partial charge is 0.399 e. The number of nitrogen functional groups attached to an aromatic ring is 1. The van der Waals surface area contributed by atoms with Crippen molar-refractivity contribution in [1.29, 1.82) is 0 Å². The van der Waals surface area contributed by atoms with E-state index in [0.717, 1.165) is 22.7 Å². The summed E-state index contributed by atoms with van der Waals surface area (Å²) >= 11 is 3.60. The zero-order valence-corrected chi connectivity index (χ0v) is 12.2. The van der Waals surface area contributed by atoms with Crippen LogP contribution in [0, 0.1) is 0 Å². The lowest BCUT2D eigenvalue weighted by atomic mass is 10.2. The minimum absolute atomic E-state index is 0.823. The summed E-state index contributed by atoms with van der Waals surface area (Å²) in [6.07, 6.45) is 2.84. The van der Waals surface area contributed by atoms with Gasteiger partial charge in [-0.05, 0) is 30.5 Å². The van der Waals surface area contributed by atoms with Crippen LogP contribution in [0.15, 0.2) is 22.7 Å². The molecule has 1 aromatic carbocycles. The molecule has 0 unspecified atom stereocenters. The molecule has 0 radical (unpaired) electrons. The highest BCUT2D eigenvalue weighted by Crippen LogP contribution is 2.28.